The zero-order valence-corrected chi connectivity index (χ0v) is 14.2. The Labute approximate surface area is 138 Å². The third-order valence-electron chi connectivity index (χ3n) is 3.42. The molecule has 0 bridgehead atoms. The van der Waals surface area contributed by atoms with Gasteiger partial charge in [0.05, 0.1) is 19.8 Å². The molecule has 1 amide bonds. The molecule has 0 saturated heterocycles. The van der Waals surface area contributed by atoms with Crippen molar-refractivity contribution in [2.45, 2.75) is 45.1 Å². The fourth-order valence-corrected chi connectivity index (χ4v) is 2.43. The van der Waals surface area contributed by atoms with Gasteiger partial charge in [0, 0.05) is 11.6 Å². The van der Waals surface area contributed by atoms with Crippen molar-refractivity contribution in [3.8, 4) is 0 Å². The van der Waals surface area contributed by atoms with Crippen LogP contribution in [0.2, 0.25) is 5.02 Å². The van der Waals surface area contributed by atoms with E-state index in [1.165, 1.54) is 26.4 Å². The summed E-state index contributed by atoms with van der Waals surface area (Å²) in [6, 6.07) is 7.77. The van der Waals surface area contributed by atoms with Crippen LogP contribution in [0.3, 0.4) is 0 Å². The van der Waals surface area contributed by atoms with E-state index in [9.17, 15) is 4.79 Å². The molecule has 0 aromatic heterocycles. The molecule has 124 valence electrons. The second-order valence-corrected chi connectivity index (χ2v) is 5.62. The normalized spacial score (nSPS) is 12.0. The van der Waals surface area contributed by atoms with E-state index in [0.717, 1.165) is 18.4 Å². The van der Waals surface area contributed by atoms with Crippen LogP contribution in [-0.4, -0.2) is 26.4 Å². The van der Waals surface area contributed by atoms with Crippen molar-refractivity contribution in [1.82, 2.24) is 5.32 Å². The molecule has 0 fully saturated rings. The maximum absolute atomic E-state index is 11.0. The standard InChI is InChI=1S/C17H26ClNO3/c1-3-4-5-6-10-16(14-8-7-9-15(18)13-14)22-12-11-19-17(20)21-2/h7-9,13,16H,3-6,10-12H2,1-2H3,(H,19,20). The first-order chi connectivity index (χ1) is 10.7. The van der Waals surface area contributed by atoms with Crippen LogP contribution in [0.4, 0.5) is 4.79 Å². The van der Waals surface area contributed by atoms with E-state index >= 15 is 0 Å². The molecule has 0 aliphatic carbocycles. The first-order valence-electron chi connectivity index (χ1n) is 7.86. The molecule has 1 atom stereocenters. The zero-order valence-electron chi connectivity index (χ0n) is 13.4. The number of unbranched alkanes of at least 4 members (excludes halogenated alkanes) is 3. The van der Waals surface area contributed by atoms with Gasteiger partial charge in [0.25, 0.3) is 0 Å². The molecule has 0 spiro atoms. The summed E-state index contributed by atoms with van der Waals surface area (Å²) in [6.07, 6.45) is 5.31. The Hall–Kier alpha value is -1.26. The van der Waals surface area contributed by atoms with Crippen LogP contribution >= 0.6 is 11.6 Å². The SMILES string of the molecule is CCCCCCC(OCCNC(=O)OC)c1cccc(Cl)c1. The number of methoxy groups -OCH3 is 1. The zero-order chi connectivity index (χ0) is 16.2. The smallest absolute Gasteiger partial charge is 0.406 e. The van der Waals surface area contributed by atoms with Gasteiger partial charge in [-0.05, 0) is 24.1 Å². The van der Waals surface area contributed by atoms with Gasteiger partial charge in [-0.1, -0.05) is 56.3 Å². The average molecular weight is 328 g/mol. The minimum Gasteiger partial charge on any atom is -0.453 e. The molecule has 5 heteroatoms. The molecule has 1 aromatic carbocycles. The molecule has 22 heavy (non-hydrogen) atoms. The topological polar surface area (TPSA) is 47.6 Å². The molecule has 1 rings (SSSR count). The molecule has 1 aromatic rings. The third-order valence-corrected chi connectivity index (χ3v) is 3.65. The van der Waals surface area contributed by atoms with Crippen molar-refractivity contribution < 1.29 is 14.3 Å². The Morgan fingerprint density at radius 3 is 2.82 bits per heavy atom. The second-order valence-electron chi connectivity index (χ2n) is 5.18. The molecular formula is C17H26ClNO3. The lowest BCUT2D eigenvalue weighted by molar-refractivity contribution is 0.0463. The van der Waals surface area contributed by atoms with Gasteiger partial charge in [0.1, 0.15) is 0 Å². The van der Waals surface area contributed by atoms with Crippen molar-refractivity contribution in [3.63, 3.8) is 0 Å². The lowest BCUT2D eigenvalue weighted by Crippen LogP contribution is -2.27. The number of hydrogen-bond donors (Lipinski definition) is 1. The van der Waals surface area contributed by atoms with Crippen LogP contribution in [0.15, 0.2) is 24.3 Å². The van der Waals surface area contributed by atoms with Gasteiger partial charge in [-0.25, -0.2) is 4.79 Å². The molecular weight excluding hydrogens is 302 g/mol. The van der Waals surface area contributed by atoms with Gasteiger partial charge in [-0.15, -0.1) is 0 Å². The molecule has 4 nitrogen and oxygen atoms in total. The van der Waals surface area contributed by atoms with E-state index < -0.39 is 6.09 Å². The lowest BCUT2D eigenvalue weighted by atomic mass is 10.0. The Kier molecular flexibility index (Phi) is 9.67. The molecule has 1 unspecified atom stereocenters. The number of benzene rings is 1. The lowest BCUT2D eigenvalue weighted by Gasteiger charge is -2.19. The maximum atomic E-state index is 11.0. The van der Waals surface area contributed by atoms with Gasteiger partial charge in [-0.3, -0.25) is 0 Å². The maximum Gasteiger partial charge on any atom is 0.406 e. The van der Waals surface area contributed by atoms with Crippen molar-refractivity contribution in [2.24, 2.45) is 0 Å². The van der Waals surface area contributed by atoms with Crippen LogP contribution in [0.5, 0.6) is 0 Å². The summed E-state index contributed by atoms with van der Waals surface area (Å²) in [4.78, 5) is 11.0. The highest BCUT2D eigenvalue weighted by Crippen LogP contribution is 2.26. The van der Waals surface area contributed by atoms with Crippen LogP contribution < -0.4 is 5.32 Å². The highest BCUT2D eigenvalue weighted by atomic mass is 35.5. The largest absolute Gasteiger partial charge is 0.453 e. The molecule has 0 radical (unpaired) electrons. The number of alkyl carbamates (subject to hydrolysis) is 1. The van der Waals surface area contributed by atoms with Crippen molar-refractivity contribution in [2.75, 3.05) is 20.3 Å². The van der Waals surface area contributed by atoms with Crippen molar-refractivity contribution in [3.05, 3.63) is 34.9 Å². The summed E-state index contributed by atoms with van der Waals surface area (Å²) in [7, 11) is 1.35. The Balaban J connectivity index is 2.48. The first-order valence-corrected chi connectivity index (χ1v) is 8.24. The van der Waals surface area contributed by atoms with Crippen LogP contribution in [0.1, 0.15) is 50.7 Å². The molecule has 0 aliphatic heterocycles. The fourth-order valence-electron chi connectivity index (χ4n) is 2.24. The molecule has 1 N–H and O–H groups in total. The Morgan fingerprint density at radius 1 is 1.32 bits per heavy atom. The van der Waals surface area contributed by atoms with Crippen LogP contribution in [0, 0.1) is 0 Å². The number of ether oxygens (including phenoxy) is 2. The summed E-state index contributed by atoms with van der Waals surface area (Å²) in [5.41, 5.74) is 1.09. The van der Waals surface area contributed by atoms with Crippen LogP contribution in [0.25, 0.3) is 0 Å². The van der Waals surface area contributed by atoms with E-state index in [1.54, 1.807) is 0 Å². The van der Waals surface area contributed by atoms with E-state index in [-0.39, 0.29) is 6.10 Å². The second kappa shape index (κ2) is 11.3. The minimum atomic E-state index is -0.439. The van der Waals surface area contributed by atoms with Gasteiger partial charge in [0.2, 0.25) is 0 Å². The quantitative estimate of drug-likeness (QED) is 0.632. The minimum absolute atomic E-state index is 0.00926. The van der Waals surface area contributed by atoms with E-state index in [2.05, 4.69) is 17.0 Å². The number of amides is 1. The number of carbonyl (C=O) groups excluding carboxylic acids is 1. The fraction of sp³-hybridized carbons (Fsp3) is 0.588. The summed E-state index contributed by atoms with van der Waals surface area (Å²) in [5.74, 6) is 0. The predicted molar refractivity (Wildman–Crippen MR) is 89.3 cm³/mol. The monoisotopic (exact) mass is 327 g/mol. The number of nitrogens with one attached hydrogen (secondary N) is 1. The third kappa shape index (κ3) is 7.66. The highest BCUT2D eigenvalue weighted by Gasteiger charge is 2.12. The van der Waals surface area contributed by atoms with Gasteiger partial charge in [0.15, 0.2) is 0 Å². The number of hydrogen-bond acceptors (Lipinski definition) is 3. The summed E-state index contributed by atoms with van der Waals surface area (Å²) >= 11 is 6.07. The van der Waals surface area contributed by atoms with Crippen LogP contribution in [-0.2, 0) is 9.47 Å². The first kappa shape index (κ1) is 18.8. The Bertz CT molecular complexity index is 440. The van der Waals surface area contributed by atoms with Gasteiger partial charge >= 0.3 is 6.09 Å². The van der Waals surface area contributed by atoms with Crippen molar-refractivity contribution in [1.29, 1.82) is 0 Å². The molecule has 0 aliphatic rings. The number of halogens is 1. The van der Waals surface area contributed by atoms with E-state index in [4.69, 9.17) is 16.3 Å². The highest BCUT2D eigenvalue weighted by molar-refractivity contribution is 6.30. The molecule has 0 heterocycles. The molecule has 0 saturated carbocycles. The predicted octanol–water partition coefficient (Wildman–Crippen LogP) is 4.72. The average Bonchev–Trinajstić information content (AvgIpc) is 2.53. The van der Waals surface area contributed by atoms with Gasteiger partial charge in [-0.2, -0.15) is 0 Å². The number of carbonyl (C=O) groups is 1. The van der Waals surface area contributed by atoms with Crippen molar-refractivity contribution >= 4 is 17.7 Å². The summed E-state index contributed by atoms with van der Waals surface area (Å²) in [5, 5.41) is 3.33. The summed E-state index contributed by atoms with van der Waals surface area (Å²) < 4.78 is 10.5. The number of rotatable bonds is 10. The Morgan fingerprint density at radius 2 is 2.14 bits per heavy atom. The van der Waals surface area contributed by atoms with E-state index in [1.807, 2.05) is 24.3 Å². The summed E-state index contributed by atoms with van der Waals surface area (Å²) in [6.45, 7) is 3.07. The van der Waals surface area contributed by atoms with Gasteiger partial charge < -0.3 is 14.8 Å². The van der Waals surface area contributed by atoms with E-state index in [0.29, 0.717) is 18.2 Å².